The molecule has 0 saturated carbocycles. The average Bonchev–Trinajstić information content (AvgIpc) is 2.73. The minimum Gasteiger partial charge on any atom is -0.508 e. The number of nitrogens with one attached hydrogen (secondary N) is 1. The number of nitrogens with zero attached hydrogens (tertiary/aromatic N) is 3. The number of sulfonamides is 1. The molecule has 1 aliphatic heterocycles. The number of benzene rings is 1. The van der Waals surface area contributed by atoms with Crippen LogP contribution in [0.1, 0.15) is 32.6 Å². The maximum Gasteiger partial charge on any atom is 0.227 e. The number of hydrogen-bond donors (Lipinski definition) is 2. The Kier molecular flexibility index (Phi) is 6.81. The summed E-state index contributed by atoms with van der Waals surface area (Å²) >= 11 is 0. The second-order valence-corrected chi connectivity index (χ2v) is 9.27. The van der Waals surface area contributed by atoms with Crippen LogP contribution in [0.15, 0.2) is 36.7 Å². The molecule has 1 fully saturated rings. The van der Waals surface area contributed by atoms with E-state index in [1.165, 1.54) is 16.7 Å². The minimum atomic E-state index is -3.22. The van der Waals surface area contributed by atoms with Crippen LogP contribution in [0.4, 0.5) is 5.69 Å². The summed E-state index contributed by atoms with van der Waals surface area (Å²) in [6.45, 7) is 2.71. The molecular formula is C20H26N4O4S. The van der Waals surface area contributed by atoms with E-state index in [-0.39, 0.29) is 23.3 Å². The van der Waals surface area contributed by atoms with Crippen LogP contribution < -0.4 is 5.32 Å². The van der Waals surface area contributed by atoms with Crippen LogP contribution in [0, 0.1) is 5.92 Å². The highest BCUT2D eigenvalue weighted by Gasteiger charge is 2.30. The normalized spacial score (nSPS) is 15.9. The minimum absolute atomic E-state index is 0.131. The molecule has 9 heteroatoms. The van der Waals surface area contributed by atoms with Gasteiger partial charge in [-0.15, -0.1) is 0 Å². The molecule has 1 saturated heterocycles. The van der Waals surface area contributed by atoms with Crippen molar-refractivity contribution in [3.63, 3.8) is 0 Å². The van der Waals surface area contributed by atoms with Crippen LogP contribution in [0.25, 0.3) is 11.4 Å². The highest BCUT2D eigenvalue weighted by atomic mass is 32.2. The molecule has 0 spiro atoms. The number of aromatic hydroxyl groups is 1. The van der Waals surface area contributed by atoms with Gasteiger partial charge >= 0.3 is 0 Å². The third-order valence-corrected chi connectivity index (χ3v) is 6.95. The number of unbranched alkanes of at least 4 members (excludes halogenated alkanes) is 1. The lowest BCUT2D eigenvalue weighted by Gasteiger charge is -2.30. The summed E-state index contributed by atoms with van der Waals surface area (Å²) in [6, 6.07) is 6.63. The number of carbonyl (C=O) groups is 1. The molecule has 0 unspecified atom stereocenters. The first-order chi connectivity index (χ1) is 13.9. The Morgan fingerprint density at radius 3 is 2.55 bits per heavy atom. The summed E-state index contributed by atoms with van der Waals surface area (Å²) in [7, 11) is -3.22. The molecule has 8 nitrogen and oxygen atoms in total. The molecule has 1 amide bonds. The van der Waals surface area contributed by atoms with Gasteiger partial charge in [0.15, 0.2) is 5.82 Å². The summed E-state index contributed by atoms with van der Waals surface area (Å²) in [5.74, 6) is 0.363. The number of hydrogen-bond acceptors (Lipinski definition) is 6. The van der Waals surface area contributed by atoms with E-state index in [0.717, 1.165) is 6.42 Å². The van der Waals surface area contributed by atoms with E-state index in [1.54, 1.807) is 24.3 Å². The first-order valence-electron chi connectivity index (χ1n) is 9.79. The van der Waals surface area contributed by atoms with Gasteiger partial charge in [-0.3, -0.25) is 4.79 Å². The Balaban J connectivity index is 1.55. The van der Waals surface area contributed by atoms with Crippen molar-refractivity contribution in [2.75, 3.05) is 24.2 Å². The number of piperidine rings is 1. The van der Waals surface area contributed by atoms with Gasteiger partial charge in [0.25, 0.3) is 0 Å². The Morgan fingerprint density at radius 2 is 1.93 bits per heavy atom. The van der Waals surface area contributed by atoms with Crippen molar-refractivity contribution >= 4 is 21.6 Å². The van der Waals surface area contributed by atoms with Crippen LogP contribution in [0.3, 0.4) is 0 Å². The molecule has 156 valence electrons. The molecule has 2 N–H and O–H groups in total. The van der Waals surface area contributed by atoms with E-state index in [0.29, 0.717) is 49.4 Å². The van der Waals surface area contributed by atoms with Crippen LogP contribution in [0.2, 0.25) is 0 Å². The zero-order valence-electron chi connectivity index (χ0n) is 16.4. The third kappa shape index (κ3) is 5.51. The van der Waals surface area contributed by atoms with Gasteiger partial charge in [-0.25, -0.2) is 22.7 Å². The lowest BCUT2D eigenvalue weighted by atomic mass is 9.97. The van der Waals surface area contributed by atoms with E-state index in [1.807, 2.05) is 6.92 Å². The Labute approximate surface area is 171 Å². The molecule has 0 radical (unpaired) electrons. The van der Waals surface area contributed by atoms with Gasteiger partial charge in [-0.05, 0) is 31.4 Å². The fourth-order valence-electron chi connectivity index (χ4n) is 3.28. The summed E-state index contributed by atoms with van der Waals surface area (Å²) in [6.07, 6.45) is 5.54. The molecule has 1 aromatic carbocycles. The van der Waals surface area contributed by atoms with Gasteiger partial charge < -0.3 is 10.4 Å². The zero-order chi connectivity index (χ0) is 20.9. The molecular weight excluding hydrogens is 392 g/mol. The summed E-state index contributed by atoms with van der Waals surface area (Å²) < 4.78 is 26.0. The molecule has 2 aromatic rings. The average molecular weight is 419 g/mol. The van der Waals surface area contributed by atoms with Crippen LogP contribution in [-0.2, 0) is 14.8 Å². The van der Waals surface area contributed by atoms with Crippen LogP contribution in [-0.4, -0.2) is 52.5 Å². The number of phenols is 1. The predicted octanol–water partition coefficient (Wildman–Crippen LogP) is 2.63. The molecule has 29 heavy (non-hydrogen) atoms. The second kappa shape index (κ2) is 9.32. The van der Waals surface area contributed by atoms with Gasteiger partial charge in [0.2, 0.25) is 15.9 Å². The quantitative estimate of drug-likeness (QED) is 0.715. The monoisotopic (exact) mass is 418 g/mol. The van der Waals surface area contributed by atoms with Crippen molar-refractivity contribution in [2.24, 2.45) is 5.92 Å². The van der Waals surface area contributed by atoms with Gasteiger partial charge in [0.1, 0.15) is 5.75 Å². The summed E-state index contributed by atoms with van der Waals surface area (Å²) in [5.41, 5.74) is 1.16. The lowest BCUT2D eigenvalue weighted by Crippen LogP contribution is -2.42. The number of rotatable bonds is 7. The zero-order valence-corrected chi connectivity index (χ0v) is 17.2. The highest BCUT2D eigenvalue weighted by Crippen LogP contribution is 2.23. The molecule has 0 atom stereocenters. The molecule has 2 heterocycles. The molecule has 0 aliphatic carbocycles. The molecule has 3 rings (SSSR count). The van der Waals surface area contributed by atoms with Crippen LogP contribution in [0.5, 0.6) is 5.75 Å². The Morgan fingerprint density at radius 1 is 1.24 bits per heavy atom. The smallest absolute Gasteiger partial charge is 0.227 e. The first kappa shape index (κ1) is 21.2. The fourth-order valence-corrected chi connectivity index (χ4v) is 4.96. The Bertz CT molecular complexity index is 939. The standard InChI is InChI=1S/C20H26N4O4S/c1-2-3-11-29(27,28)24-9-7-15(8-10-24)20(26)23-17-13-21-19(22-14-17)16-5-4-6-18(25)12-16/h4-6,12-15,25H,2-3,7-11H2,1H3,(H,23,26). The van der Waals surface area contributed by atoms with Crippen LogP contribution >= 0.6 is 0 Å². The van der Waals surface area contributed by atoms with E-state index in [9.17, 15) is 18.3 Å². The summed E-state index contributed by atoms with van der Waals surface area (Å²) in [5, 5.41) is 12.4. The number of anilines is 1. The van der Waals surface area contributed by atoms with Gasteiger partial charge in [-0.2, -0.15) is 0 Å². The maximum atomic E-state index is 12.5. The van der Waals surface area contributed by atoms with E-state index in [2.05, 4.69) is 15.3 Å². The first-order valence-corrected chi connectivity index (χ1v) is 11.4. The molecule has 1 aromatic heterocycles. The molecule has 0 bridgehead atoms. The predicted molar refractivity (Wildman–Crippen MR) is 111 cm³/mol. The number of carbonyl (C=O) groups excluding carboxylic acids is 1. The van der Waals surface area contributed by atoms with Crippen molar-refractivity contribution in [3.8, 4) is 17.1 Å². The van der Waals surface area contributed by atoms with E-state index < -0.39 is 10.0 Å². The third-order valence-electron chi connectivity index (χ3n) is 5.00. The van der Waals surface area contributed by atoms with Crippen molar-refractivity contribution in [2.45, 2.75) is 32.6 Å². The van der Waals surface area contributed by atoms with Crippen molar-refractivity contribution < 1.29 is 18.3 Å². The van der Waals surface area contributed by atoms with Crippen molar-refractivity contribution in [3.05, 3.63) is 36.7 Å². The van der Waals surface area contributed by atoms with Crippen molar-refractivity contribution in [1.82, 2.24) is 14.3 Å². The topological polar surface area (TPSA) is 112 Å². The maximum absolute atomic E-state index is 12.5. The SMILES string of the molecule is CCCCS(=O)(=O)N1CCC(C(=O)Nc2cnc(-c3cccc(O)c3)nc2)CC1. The highest BCUT2D eigenvalue weighted by molar-refractivity contribution is 7.89. The Hall–Kier alpha value is -2.52. The van der Waals surface area contributed by atoms with E-state index in [4.69, 9.17) is 0 Å². The van der Waals surface area contributed by atoms with Gasteiger partial charge in [0, 0.05) is 24.6 Å². The number of aromatic nitrogens is 2. The molecule has 1 aliphatic rings. The van der Waals surface area contributed by atoms with Crippen molar-refractivity contribution in [1.29, 1.82) is 0 Å². The van der Waals surface area contributed by atoms with Gasteiger partial charge in [0.05, 0.1) is 23.8 Å². The second-order valence-electron chi connectivity index (χ2n) is 7.18. The lowest BCUT2D eigenvalue weighted by molar-refractivity contribution is -0.120. The van der Waals surface area contributed by atoms with E-state index >= 15 is 0 Å². The summed E-state index contributed by atoms with van der Waals surface area (Å²) in [4.78, 5) is 21.0. The fraction of sp³-hybridized carbons (Fsp3) is 0.450. The number of phenolic OH excluding ortho intramolecular Hbond substituents is 1. The largest absolute Gasteiger partial charge is 0.508 e. The van der Waals surface area contributed by atoms with Gasteiger partial charge in [-0.1, -0.05) is 25.5 Å². The number of amides is 1.